The van der Waals surface area contributed by atoms with Gasteiger partial charge in [-0.05, 0) is 19.4 Å². The average Bonchev–Trinajstić information content (AvgIpc) is 2.26. The number of nitrogens with one attached hydrogen (secondary N) is 1. The molecule has 0 aromatic heterocycles. The van der Waals surface area contributed by atoms with E-state index in [4.69, 9.17) is 5.11 Å². The minimum absolute atomic E-state index is 0.148. The molecule has 0 amide bonds. The molecule has 100 valence electrons. The Bertz CT molecular complexity index is 553. The van der Waals surface area contributed by atoms with Gasteiger partial charge in [0.15, 0.2) is 0 Å². The van der Waals surface area contributed by atoms with Gasteiger partial charge in [0.2, 0.25) is 10.0 Å². The molecule has 0 aliphatic carbocycles. The van der Waals surface area contributed by atoms with Crippen LogP contribution in [-0.4, -0.2) is 31.1 Å². The largest absolute Gasteiger partial charge is 0.392 e. The lowest BCUT2D eigenvalue weighted by molar-refractivity contribution is -0.385. The molecule has 0 radical (unpaired) electrons. The summed E-state index contributed by atoms with van der Waals surface area (Å²) >= 11 is 0. The quantitative estimate of drug-likeness (QED) is 0.602. The molecule has 0 fully saturated rings. The van der Waals surface area contributed by atoms with E-state index in [2.05, 4.69) is 4.72 Å². The first-order valence-corrected chi connectivity index (χ1v) is 6.65. The summed E-state index contributed by atoms with van der Waals surface area (Å²) in [5, 5.41) is 19.6. The zero-order valence-electron chi connectivity index (χ0n) is 9.95. The van der Waals surface area contributed by atoms with Gasteiger partial charge in [0, 0.05) is 18.7 Å². The lowest BCUT2D eigenvalue weighted by Gasteiger charge is -2.10. The van der Waals surface area contributed by atoms with Crippen molar-refractivity contribution in [3.05, 3.63) is 33.9 Å². The van der Waals surface area contributed by atoms with Crippen LogP contribution >= 0.6 is 0 Å². The summed E-state index contributed by atoms with van der Waals surface area (Å²) in [4.78, 5) is 9.79. The van der Waals surface area contributed by atoms with Gasteiger partial charge in [0.05, 0.1) is 15.9 Å². The number of sulfonamides is 1. The highest BCUT2D eigenvalue weighted by molar-refractivity contribution is 7.89. The van der Waals surface area contributed by atoms with Crippen LogP contribution in [0.2, 0.25) is 0 Å². The van der Waals surface area contributed by atoms with Gasteiger partial charge < -0.3 is 5.11 Å². The fourth-order valence-corrected chi connectivity index (χ4v) is 2.68. The molecule has 1 aromatic carbocycles. The molecule has 0 spiro atoms. The summed E-state index contributed by atoms with van der Waals surface area (Å²) in [7, 11) is -3.86. The molecule has 2 N–H and O–H groups in total. The summed E-state index contributed by atoms with van der Waals surface area (Å²) in [6.07, 6.45) is -0.834. The third-order valence-corrected chi connectivity index (χ3v) is 3.81. The maximum absolute atomic E-state index is 11.9. The third-order valence-electron chi connectivity index (χ3n) is 2.24. The van der Waals surface area contributed by atoms with Crippen LogP contribution in [0.5, 0.6) is 0 Å². The number of nitro benzene ring substituents is 1. The van der Waals surface area contributed by atoms with Crippen molar-refractivity contribution in [2.45, 2.75) is 24.8 Å². The van der Waals surface area contributed by atoms with E-state index in [9.17, 15) is 18.5 Å². The maximum Gasteiger partial charge on any atom is 0.270 e. The Kier molecular flexibility index (Phi) is 4.38. The van der Waals surface area contributed by atoms with Gasteiger partial charge in [0.1, 0.15) is 0 Å². The highest BCUT2D eigenvalue weighted by Gasteiger charge is 2.20. The molecule has 1 aromatic rings. The van der Waals surface area contributed by atoms with E-state index < -0.39 is 21.1 Å². The minimum atomic E-state index is -3.86. The smallest absolute Gasteiger partial charge is 0.270 e. The number of nitrogens with zero attached hydrogens (tertiary/aromatic N) is 1. The zero-order chi connectivity index (χ0) is 13.9. The molecule has 18 heavy (non-hydrogen) atoms. The highest BCUT2D eigenvalue weighted by Crippen LogP contribution is 2.21. The molecular weight excluding hydrogens is 260 g/mol. The van der Waals surface area contributed by atoms with Gasteiger partial charge in [-0.25, -0.2) is 13.1 Å². The fourth-order valence-electron chi connectivity index (χ4n) is 1.30. The summed E-state index contributed by atoms with van der Waals surface area (Å²) in [5.74, 6) is 0. The summed E-state index contributed by atoms with van der Waals surface area (Å²) < 4.78 is 26.0. The van der Waals surface area contributed by atoms with Crippen molar-refractivity contribution >= 4 is 15.7 Å². The fraction of sp³-hybridized carbons (Fsp3) is 0.400. The SMILES string of the molecule is Cc1ccc([N+](=O)[O-])cc1S(=O)(=O)NC[C@H](C)O. The average molecular weight is 274 g/mol. The van der Waals surface area contributed by atoms with Crippen molar-refractivity contribution in [2.24, 2.45) is 0 Å². The number of hydrogen-bond acceptors (Lipinski definition) is 5. The number of nitro groups is 1. The molecule has 1 rings (SSSR count). The monoisotopic (exact) mass is 274 g/mol. The maximum atomic E-state index is 11.9. The summed E-state index contributed by atoms with van der Waals surface area (Å²) in [5.41, 5.74) is 0.108. The molecule has 0 bridgehead atoms. The highest BCUT2D eigenvalue weighted by atomic mass is 32.2. The predicted octanol–water partition coefficient (Wildman–Crippen LogP) is 0.562. The lowest BCUT2D eigenvalue weighted by Crippen LogP contribution is -2.31. The predicted molar refractivity (Wildman–Crippen MR) is 64.7 cm³/mol. The van der Waals surface area contributed by atoms with Gasteiger partial charge in [-0.3, -0.25) is 10.1 Å². The Balaban J connectivity index is 3.15. The second-order valence-corrected chi connectivity index (χ2v) is 5.64. The van der Waals surface area contributed by atoms with E-state index in [1.165, 1.54) is 19.1 Å². The second-order valence-electron chi connectivity index (χ2n) is 3.91. The molecule has 1 atom stereocenters. The van der Waals surface area contributed by atoms with E-state index in [1.54, 1.807) is 6.92 Å². The molecule has 0 aliphatic heterocycles. The lowest BCUT2D eigenvalue weighted by atomic mass is 10.2. The van der Waals surface area contributed by atoms with Crippen LogP contribution in [-0.2, 0) is 10.0 Å². The van der Waals surface area contributed by atoms with Crippen LogP contribution in [0.1, 0.15) is 12.5 Å². The van der Waals surface area contributed by atoms with Gasteiger partial charge >= 0.3 is 0 Å². The van der Waals surface area contributed by atoms with E-state index in [0.717, 1.165) is 6.07 Å². The van der Waals surface area contributed by atoms with Gasteiger partial charge in [-0.15, -0.1) is 0 Å². The van der Waals surface area contributed by atoms with Crippen LogP contribution in [0.15, 0.2) is 23.1 Å². The Hall–Kier alpha value is -1.51. The van der Waals surface area contributed by atoms with E-state index in [-0.39, 0.29) is 17.1 Å². The first kappa shape index (κ1) is 14.6. The molecule has 0 saturated heterocycles. The Morgan fingerprint density at radius 3 is 2.61 bits per heavy atom. The van der Waals surface area contributed by atoms with Crippen LogP contribution in [0.4, 0.5) is 5.69 Å². The number of aliphatic hydroxyl groups excluding tert-OH is 1. The molecule has 0 saturated carbocycles. The zero-order valence-corrected chi connectivity index (χ0v) is 10.8. The van der Waals surface area contributed by atoms with Crippen molar-refractivity contribution in [3.63, 3.8) is 0 Å². The van der Waals surface area contributed by atoms with Crippen molar-refractivity contribution in [1.82, 2.24) is 4.72 Å². The summed E-state index contributed by atoms with van der Waals surface area (Å²) in [6, 6.07) is 3.61. The molecule has 8 heteroatoms. The first-order chi connectivity index (χ1) is 8.24. The van der Waals surface area contributed by atoms with Gasteiger partial charge in [-0.2, -0.15) is 0 Å². The van der Waals surface area contributed by atoms with E-state index >= 15 is 0 Å². The van der Waals surface area contributed by atoms with Crippen LogP contribution in [0.25, 0.3) is 0 Å². The van der Waals surface area contributed by atoms with Crippen molar-refractivity contribution < 1.29 is 18.4 Å². The number of hydrogen-bond donors (Lipinski definition) is 2. The Morgan fingerprint density at radius 1 is 1.50 bits per heavy atom. The summed E-state index contributed by atoms with van der Waals surface area (Å²) in [6.45, 7) is 2.83. The molecule has 0 heterocycles. The van der Waals surface area contributed by atoms with Crippen molar-refractivity contribution in [3.8, 4) is 0 Å². The van der Waals surface area contributed by atoms with Crippen molar-refractivity contribution in [2.75, 3.05) is 6.54 Å². The van der Waals surface area contributed by atoms with Crippen LogP contribution in [0.3, 0.4) is 0 Å². The number of aryl methyl sites for hydroxylation is 1. The van der Waals surface area contributed by atoms with Crippen LogP contribution < -0.4 is 4.72 Å². The number of non-ortho nitro benzene ring substituents is 1. The normalized spacial score (nSPS) is 13.3. The Labute approximate surface area is 105 Å². The van der Waals surface area contributed by atoms with Gasteiger partial charge in [-0.1, -0.05) is 6.07 Å². The van der Waals surface area contributed by atoms with Crippen LogP contribution in [0, 0.1) is 17.0 Å². The third kappa shape index (κ3) is 3.49. The molecule has 0 unspecified atom stereocenters. The minimum Gasteiger partial charge on any atom is -0.392 e. The standard InChI is InChI=1S/C10H14N2O5S/c1-7-3-4-9(12(14)15)5-10(7)18(16,17)11-6-8(2)13/h3-5,8,11,13H,6H2,1-2H3/t8-/m0/s1. The van der Waals surface area contributed by atoms with Crippen molar-refractivity contribution in [1.29, 1.82) is 0 Å². The number of rotatable bonds is 5. The van der Waals surface area contributed by atoms with E-state index in [0.29, 0.717) is 5.56 Å². The molecule has 7 nitrogen and oxygen atoms in total. The Morgan fingerprint density at radius 2 is 2.11 bits per heavy atom. The first-order valence-electron chi connectivity index (χ1n) is 5.17. The topological polar surface area (TPSA) is 110 Å². The second kappa shape index (κ2) is 5.42. The number of aliphatic hydroxyl groups is 1. The van der Waals surface area contributed by atoms with Gasteiger partial charge in [0.25, 0.3) is 5.69 Å². The molecule has 0 aliphatic rings. The van der Waals surface area contributed by atoms with E-state index in [1.807, 2.05) is 0 Å². The molecular formula is C10H14N2O5S. The number of benzene rings is 1.